The number of carboxylic acids is 1. The molecule has 1 aromatic rings. The Kier molecular flexibility index (Phi) is 7.46. The van der Waals surface area contributed by atoms with Crippen molar-refractivity contribution >= 4 is 51.0 Å². The van der Waals surface area contributed by atoms with Crippen LogP contribution in [0.1, 0.15) is 25.8 Å². The monoisotopic (exact) mass is 443 g/mol. The summed E-state index contributed by atoms with van der Waals surface area (Å²) in [6.07, 6.45) is 1.24. The van der Waals surface area contributed by atoms with Crippen molar-refractivity contribution in [2.75, 3.05) is 13.2 Å². The third-order valence-electron chi connectivity index (χ3n) is 3.14. The summed E-state index contributed by atoms with van der Waals surface area (Å²) in [5.74, 6) is -0.201. The molecule has 0 radical (unpaired) electrons. The summed E-state index contributed by atoms with van der Waals surface area (Å²) < 4.78 is 11.9. The topological polar surface area (TPSA) is 110 Å². The van der Waals surface area contributed by atoms with E-state index in [1.54, 1.807) is 12.1 Å². The Morgan fingerprint density at radius 3 is 2.62 bits per heavy atom. The van der Waals surface area contributed by atoms with Gasteiger partial charge >= 0.3 is 5.97 Å². The molecule has 1 atom stereocenters. The number of amidine groups is 1. The van der Waals surface area contributed by atoms with Crippen LogP contribution >= 0.6 is 27.7 Å². The van der Waals surface area contributed by atoms with Crippen LogP contribution < -0.4 is 14.8 Å². The van der Waals surface area contributed by atoms with E-state index in [1.165, 1.54) is 6.21 Å². The quantitative estimate of drug-likeness (QED) is 0.471. The number of ether oxygens (including phenoxy) is 2. The molecule has 1 aromatic carbocycles. The van der Waals surface area contributed by atoms with Gasteiger partial charge in [-0.1, -0.05) is 11.8 Å². The maximum atomic E-state index is 11.7. The van der Waals surface area contributed by atoms with Gasteiger partial charge in [0.15, 0.2) is 16.7 Å². The molecule has 26 heavy (non-hydrogen) atoms. The largest absolute Gasteiger partial charge is 0.490 e. The maximum Gasteiger partial charge on any atom is 0.305 e. The number of benzene rings is 1. The summed E-state index contributed by atoms with van der Waals surface area (Å²) in [5, 5.41) is 18.8. The van der Waals surface area contributed by atoms with Crippen molar-refractivity contribution in [3.63, 3.8) is 0 Å². The third kappa shape index (κ3) is 5.46. The minimum atomic E-state index is -1.04. The van der Waals surface area contributed by atoms with Crippen LogP contribution in [0, 0.1) is 0 Å². The van der Waals surface area contributed by atoms with Gasteiger partial charge in [0, 0.05) is 10.0 Å². The van der Waals surface area contributed by atoms with E-state index in [-0.39, 0.29) is 17.5 Å². The molecule has 10 heteroatoms. The number of rotatable bonds is 8. The first-order valence-electron chi connectivity index (χ1n) is 7.84. The summed E-state index contributed by atoms with van der Waals surface area (Å²) in [6.45, 7) is 4.78. The summed E-state index contributed by atoms with van der Waals surface area (Å²) in [6, 6.07) is 3.56. The van der Waals surface area contributed by atoms with E-state index in [4.69, 9.17) is 14.6 Å². The SMILES string of the molecule is CCOc1cc(Br)c(C=NN=C2NC(=O)C(CC(=O)O)S2)cc1OCC. The van der Waals surface area contributed by atoms with Crippen molar-refractivity contribution in [3.05, 3.63) is 22.2 Å². The van der Waals surface area contributed by atoms with E-state index >= 15 is 0 Å². The molecular formula is C16H18BrN3O5S. The zero-order valence-electron chi connectivity index (χ0n) is 14.2. The molecule has 8 nitrogen and oxygen atoms in total. The molecule has 0 bridgehead atoms. The van der Waals surface area contributed by atoms with E-state index in [0.717, 1.165) is 21.8 Å². The normalized spacial score (nSPS) is 18.3. The van der Waals surface area contributed by atoms with Crippen molar-refractivity contribution in [1.29, 1.82) is 0 Å². The Balaban J connectivity index is 2.13. The molecule has 140 valence electrons. The number of aliphatic carboxylic acids is 1. The lowest BCUT2D eigenvalue weighted by atomic mass is 10.2. The summed E-state index contributed by atoms with van der Waals surface area (Å²) >= 11 is 4.49. The predicted octanol–water partition coefficient (Wildman–Crippen LogP) is 2.64. The molecule has 0 aliphatic carbocycles. The second kappa shape index (κ2) is 9.58. The molecule has 0 saturated carbocycles. The number of halogens is 1. The molecule has 0 spiro atoms. The van der Waals surface area contributed by atoms with Gasteiger partial charge in [-0.2, -0.15) is 5.10 Å². The van der Waals surface area contributed by atoms with Gasteiger partial charge in [0.2, 0.25) is 5.91 Å². The van der Waals surface area contributed by atoms with Crippen LogP contribution in [-0.4, -0.2) is 46.8 Å². The minimum Gasteiger partial charge on any atom is -0.490 e. The predicted molar refractivity (Wildman–Crippen MR) is 103 cm³/mol. The zero-order chi connectivity index (χ0) is 19.1. The molecule has 1 heterocycles. The van der Waals surface area contributed by atoms with Gasteiger partial charge < -0.3 is 19.9 Å². The average molecular weight is 444 g/mol. The highest BCUT2D eigenvalue weighted by atomic mass is 79.9. The molecular weight excluding hydrogens is 426 g/mol. The summed E-state index contributed by atoms with van der Waals surface area (Å²) in [5.41, 5.74) is 0.720. The van der Waals surface area contributed by atoms with Crippen molar-refractivity contribution in [2.24, 2.45) is 10.2 Å². The molecule has 1 amide bonds. The lowest BCUT2D eigenvalue weighted by Crippen LogP contribution is -2.26. The van der Waals surface area contributed by atoms with Crippen LogP contribution in [0.2, 0.25) is 0 Å². The summed E-state index contributed by atoms with van der Waals surface area (Å²) in [4.78, 5) is 22.4. The first-order valence-corrected chi connectivity index (χ1v) is 9.51. The molecule has 1 aliphatic rings. The standard InChI is InChI=1S/C16H18BrN3O5S/c1-3-24-11-5-9(10(17)6-12(11)25-4-2)8-18-20-16-19-15(23)13(26-16)7-14(21)22/h5-6,8,13H,3-4,7H2,1-2H3,(H,21,22)(H,19,20,23). The fraction of sp³-hybridized carbons (Fsp3) is 0.375. The van der Waals surface area contributed by atoms with Crippen LogP contribution in [0.25, 0.3) is 0 Å². The fourth-order valence-electron chi connectivity index (χ4n) is 2.08. The van der Waals surface area contributed by atoms with Crippen LogP contribution in [0.3, 0.4) is 0 Å². The van der Waals surface area contributed by atoms with E-state index in [1.807, 2.05) is 13.8 Å². The Morgan fingerprint density at radius 2 is 2.00 bits per heavy atom. The van der Waals surface area contributed by atoms with Crippen molar-refractivity contribution in [1.82, 2.24) is 5.32 Å². The Hall–Kier alpha value is -2.07. The molecule has 0 aromatic heterocycles. The van der Waals surface area contributed by atoms with Crippen LogP contribution in [0.5, 0.6) is 11.5 Å². The molecule has 2 rings (SSSR count). The first kappa shape index (κ1) is 20.2. The van der Waals surface area contributed by atoms with E-state index < -0.39 is 11.2 Å². The van der Waals surface area contributed by atoms with Crippen LogP contribution in [-0.2, 0) is 9.59 Å². The van der Waals surface area contributed by atoms with E-state index in [2.05, 4.69) is 31.4 Å². The second-order valence-electron chi connectivity index (χ2n) is 5.03. The fourth-order valence-corrected chi connectivity index (χ4v) is 3.41. The number of hydrogen-bond acceptors (Lipinski definition) is 7. The van der Waals surface area contributed by atoms with Gasteiger partial charge in [0.1, 0.15) is 5.25 Å². The Bertz CT molecular complexity index is 754. The zero-order valence-corrected chi connectivity index (χ0v) is 16.6. The molecule has 1 unspecified atom stereocenters. The number of thioether (sulfide) groups is 1. The number of hydrogen-bond donors (Lipinski definition) is 2. The Labute approximate surface area is 163 Å². The third-order valence-corrected chi connectivity index (χ3v) is 4.90. The van der Waals surface area contributed by atoms with Crippen molar-refractivity contribution in [2.45, 2.75) is 25.5 Å². The van der Waals surface area contributed by atoms with Crippen LogP contribution in [0.4, 0.5) is 0 Å². The maximum absolute atomic E-state index is 11.7. The minimum absolute atomic E-state index is 0.263. The van der Waals surface area contributed by atoms with Gasteiger partial charge in [-0.25, -0.2) is 0 Å². The Morgan fingerprint density at radius 1 is 1.35 bits per heavy atom. The lowest BCUT2D eigenvalue weighted by molar-refractivity contribution is -0.138. The van der Waals surface area contributed by atoms with Gasteiger partial charge in [-0.05, 0) is 41.9 Å². The molecule has 1 fully saturated rings. The van der Waals surface area contributed by atoms with Gasteiger partial charge in [0.25, 0.3) is 0 Å². The van der Waals surface area contributed by atoms with Gasteiger partial charge in [-0.15, -0.1) is 5.10 Å². The van der Waals surface area contributed by atoms with E-state index in [0.29, 0.717) is 24.7 Å². The number of carbonyl (C=O) groups is 2. The van der Waals surface area contributed by atoms with Crippen LogP contribution in [0.15, 0.2) is 26.8 Å². The smallest absolute Gasteiger partial charge is 0.305 e. The molecule has 2 N–H and O–H groups in total. The number of amides is 1. The van der Waals surface area contributed by atoms with Gasteiger partial charge in [0.05, 0.1) is 25.8 Å². The summed E-state index contributed by atoms with van der Waals surface area (Å²) in [7, 11) is 0. The van der Waals surface area contributed by atoms with Gasteiger partial charge in [-0.3, -0.25) is 9.59 Å². The number of carboxylic acid groups (broad SMARTS) is 1. The highest BCUT2D eigenvalue weighted by molar-refractivity contribution is 9.10. The molecule has 1 saturated heterocycles. The highest BCUT2D eigenvalue weighted by Crippen LogP contribution is 2.33. The first-order chi connectivity index (χ1) is 12.4. The molecule has 1 aliphatic heterocycles. The number of carbonyl (C=O) groups excluding carboxylic acids is 1. The number of nitrogens with zero attached hydrogens (tertiary/aromatic N) is 2. The van der Waals surface area contributed by atoms with Crippen molar-refractivity contribution in [3.8, 4) is 11.5 Å². The second-order valence-corrected chi connectivity index (χ2v) is 7.08. The highest BCUT2D eigenvalue weighted by Gasteiger charge is 2.32. The number of nitrogens with one attached hydrogen (secondary N) is 1. The average Bonchev–Trinajstić information content (AvgIpc) is 2.90. The van der Waals surface area contributed by atoms with Crippen molar-refractivity contribution < 1.29 is 24.2 Å². The van der Waals surface area contributed by atoms with E-state index in [9.17, 15) is 9.59 Å². The lowest BCUT2D eigenvalue weighted by Gasteiger charge is -2.12.